The fourth-order valence-corrected chi connectivity index (χ4v) is 4.62. The maximum atomic E-state index is 14.6. The van der Waals surface area contributed by atoms with E-state index >= 15 is 0 Å². The molecule has 176 valence electrons. The number of amides is 1. The first kappa shape index (κ1) is 22.0. The quantitative estimate of drug-likeness (QED) is 0.501. The zero-order chi connectivity index (χ0) is 23.8. The molecular formula is C23H24F2N8O. The molecule has 34 heavy (non-hydrogen) atoms. The number of carbonyl (C=O) groups excluding carboxylic acids is 1. The van der Waals surface area contributed by atoms with E-state index in [1.54, 1.807) is 12.3 Å². The van der Waals surface area contributed by atoms with Gasteiger partial charge in [-0.25, -0.2) is 18.7 Å². The molecule has 0 saturated heterocycles. The number of primary amides is 1. The van der Waals surface area contributed by atoms with Crippen LogP contribution < -0.4 is 16.4 Å². The van der Waals surface area contributed by atoms with Crippen LogP contribution >= 0.6 is 0 Å². The van der Waals surface area contributed by atoms with Crippen molar-refractivity contribution in [1.29, 1.82) is 5.26 Å². The summed E-state index contributed by atoms with van der Waals surface area (Å²) in [6.07, 6.45) is 7.36. The predicted molar refractivity (Wildman–Crippen MR) is 121 cm³/mol. The molecular weight excluding hydrogens is 442 g/mol. The summed E-state index contributed by atoms with van der Waals surface area (Å²) in [5.74, 6) is -1.61. The minimum Gasteiger partial charge on any atom is -0.369 e. The summed E-state index contributed by atoms with van der Waals surface area (Å²) in [4.78, 5) is 25.2. The van der Waals surface area contributed by atoms with Gasteiger partial charge in [0.15, 0.2) is 17.3 Å². The van der Waals surface area contributed by atoms with Crippen LogP contribution in [0.5, 0.6) is 0 Å². The van der Waals surface area contributed by atoms with Crippen LogP contribution in [0.4, 0.5) is 26.4 Å². The van der Waals surface area contributed by atoms with Crippen LogP contribution in [0.25, 0.3) is 11.2 Å². The third-order valence-electron chi connectivity index (χ3n) is 6.74. The van der Waals surface area contributed by atoms with Gasteiger partial charge in [0, 0.05) is 18.0 Å². The molecule has 9 nitrogen and oxygen atoms in total. The van der Waals surface area contributed by atoms with Crippen molar-refractivity contribution in [2.24, 2.45) is 11.7 Å². The Hall–Kier alpha value is -3.81. The maximum absolute atomic E-state index is 14.6. The van der Waals surface area contributed by atoms with Crippen LogP contribution in [-0.4, -0.2) is 31.5 Å². The molecule has 0 unspecified atom stereocenters. The minimum absolute atomic E-state index is 0.0981. The summed E-state index contributed by atoms with van der Waals surface area (Å²) >= 11 is 0. The van der Waals surface area contributed by atoms with Gasteiger partial charge < -0.3 is 16.4 Å². The highest BCUT2D eigenvalue weighted by atomic mass is 19.1. The van der Waals surface area contributed by atoms with Crippen molar-refractivity contribution in [2.45, 2.75) is 57.0 Å². The number of benzene rings is 1. The number of nitrogens with zero attached hydrogens (tertiary/aromatic N) is 5. The van der Waals surface area contributed by atoms with E-state index < -0.39 is 17.3 Å². The molecule has 2 aromatic heterocycles. The third kappa shape index (κ3) is 4.11. The number of aromatic nitrogens is 4. The molecule has 0 spiro atoms. The monoisotopic (exact) mass is 466 g/mol. The molecule has 2 heterocycles. The smallest absolute Gasteiger partial charge is 0.224 e. The lowest BCUT2D eigenvalue weighted by Gasteiger charge is -2.29. The Kier molecular flexibility index (Phi) is 5.73. The largest absolute Gasteiger partial charge is 0.369 e. The van der Waals surface area contributed by atoms with Gasteiger partial charge in [0.1, 0.15) is 11.2 Å². The molecule has 2 aliphatic rings. The van der Waals surface area contributed by atoms with Crippen LogP contribution in [0.1, 0.15) is 56.6 Å². The Labute approximate surface area is 194 Å². The molecule has 1 aromatic carbocycles. The molecule has 0 aliphatic heterocycles. The molecule has 0 atom stereocenters. The maximum Gasteiger partial charge on any atom is 0.224 e. The Bertz CT molecular complexity index is 1270. The zero-order valence-electron chi connectivity index (χ0n) is 18.4. The van der Waals surface area contributed by atoms with E-state index in [1.165, 1.54) is 0 Å². The fourth-order valence-electron chi connectivity index (χ4n) is 4.62. The van der Waals surface area contributed by atoms with Gasteiger partial charge in [-0.2, -0.15) is 10.2 Å². The number of nitrogens with two attached hydrogens (primary N) is 1. The number of halogens is 2. The highest BCUT2D eigenvalue weighted by Crippen LogP contribution is 2.37. The van der Waals surface area contributed by atoms with Crippen LogP contribution in [0.15, 0.2) is 18.3 Å². The average Bonchev–Trinajstić information content (AvgIpc) is 3.15. The first-order valence-corrected chi connectivity index (χ1v) is 11.4. The molecule has 5 rings (SSSR count). The van der Waals surface area contributed by atoms with Gasteiger partial charge in [-0.3, -0.25) is 9.36 Å². The average molecular weight is 466 g/mol. The van der Waals surface area contributed by atoms with E-state index in [0.29, 0.717) is 48.8 Å². The Morgan fingerprint density at radius 2 is 1.82 bits per heavy atom. The van der Waals surface area contributed by atoms with Crippen molar-refractivity contribution in [3.63, 3.8) is 0 Å². The van der Waals surface area contributed by atoms with E-state index in [9.17, 15) is 13.6 Å². The van der Waals surface area contributed by atoms with Crippen LogP contribution in [0.3, 0.4) is 0 Å². The first-order valence-electron chi connectivity index (χ1n) is 11.4. The van der Waals surface area contributed by atoms with Gasteiger partial charge in [0.25, 0.3) is 0 Å². The second kappa shape index (κ2) is 8.85. The van der Waals surface area contributed by atoms with E-state index in [0.717, 1.165) is 31.4 Å². The summed E-state index contributed by atoms with van der Waals surface area (Å²) in [6, 6.07) is 3.91. The number of hydrogen-bond acceptors (Lipinski definition) is 7. The molecule has 0 bridgehead atoms. The Balaban J connectivity index is 1.54. The number of hydrogen-bond donors (Lipinski definition) is 3. The van der Waals surface area contributed by atoms with E-state index in [4.69, 9.17) is 11.0 Å². The Morgan fingerprint density at radius 3 is 2.41 bits per heavy atom. The van der Waals surface area contributed by atoms with Crippen molar-refractivity contribution in [1.82, 2.24) is 19.5 Å². The third-order valence-corrected chi connectivity index (χ3v) is 6.74. The minimum atomic E-state index is -0.897. The molecule has 2 fully saturated rings. The van der Waals surface area contributed by atoms with Gasteiger partial charge in [-0.05, 0) is 57.1 Å². The zero-order valence-corrected chi connectivity index (χ0v) is 18.4. The van der Waals surface area contributed by atoms with E-state index in [-0.39, 0.29) is 29.4 Å². The molecule has 2 aliphatic carbocycles. The number of nitrogens with one attached hydrogen (secondary N) is 2. The molecule has 0 radical (unpaired) electrons. The van der Waals surface area contributed by atoms with Gasteiger partial charge in [-0.1, -0.05) is 0 Å². The van der Waals surface area contributed by atoms with E-state index in [2.05, 4.69) is 25.6 Å². The van der Waals surface area contributed by atoms with Crippen molar-refractivity contribution >= 4 is 34.7 Å². The number of nitriles is 1. The van der Waals surface area contributed by atoms with Gasteiger partial charge in [0.2, 0.25) is 17.8 Å². The fraction of sp³-hybridized carbons (Fsp3) is 0.435. The normalized spacial score (nSPS) is 20.5. The molecule has 11 heteroatoms. The SMILES string of the molecule is N#Cc1cc(F)c(Nc2nc3cnc(NC4CCC4)nc3n2C2CCC(C(N)=O)CC2)c(F)c1. The molecule has 4 N–H and O–H groups in total. The van der Waals surface area contributed by atoms with Crippen LogP contribution in [-0.2, 0) is 4.79 Å². The van der Waals surface area contributed by atoms with Crippen molar-refractivity contribution in [2.75, 3.05) is 10.6 Å². The summed E-state index contributed by atoms with van der Waals surface area (Å²) in [7, 11) is 0. The number of rotatable bonds is 6. The lowest BCUT2D eigenvalue weighted by molar-refractivity contribution is -0.122. The van der Waals surface area contributed by atoms with Crippen molar-refractivity contribution in [3.05, 3.63) is 35.5 Å². The summed E-state index contributed by atoms with van der Waals surface area (Å²) in [5.41, 5.74) is 5.99. The predicted octanol–water partition coefficient (Wildman–Crippen LogP) is 3.90. The first-order chi connectivity index (χ1) is 16.4. The highest BCUT2D eigenvalue weighted by molar-refractivity contribution is 5.78. The van der Waals surface area contributed by atoms with Crippen LogP contribution in [0, 0.1) is 28.9 Å². The van der Waals surface area contributed by atoms with Gasteiger partial charge >= 0.3 is 0 Å². The van der Waals surface area contributed by atoms with Crippen molar-refractivity contribution < 1.29 is 13.6 Å². The second-order valence-electron chi connectivity index (χ2n) is 8.94. The lowest BCUT2D eigenvalue weighted by atomic mass is 9.85. The van der Waals surface area contributed by atoms with Crippen molar-refractivity contribution in [3.8, 4) is 6.07 Å². The Morgan fingerprint density at radius 1 is 1.12 bits per heavy atom. The lowest BCUT2D eigenvalue weighted by Crippen LogP contribution is -2.29. The summed E-state index contributed by atoms with van der Waals surface area (Å²) < 4.78 is 31.1. The topological polar surface area (TPSA) is 135 Å². The highest BCUT2D eigenvalue weighted by Gasteiger charge is 2.30. The molecule has 2 saturated carbocycles. The summed E-state index contributed by atoms with van der Waals surface area (Å²) in [6.45, 7) is 0. The van der Waals surface area contributed by atoms with E-state index in [1.807, 2.05) is 4.57 Å². The molecule has 1 amide bonds. The number of anilines is 3. The second-order valence-corrected chi connectivity index (χ2v) is 8.94. The van der Waals surface area contributed by atoms with Gasteiger partial charge in [0.05, 0.1) is 17.8 Å². The standard InChI is InChI=1S/C23H24F2N8O/c24-16-8-12(10-26)9-17(25)19(16)31-23-30-18-11-28-22(29-14-2-1-3-14)32-21(18)33(23)15-6-4-13(5-7-15)20(27)34/h8-9,11,13-15H,1-7H2,(H2,27,34)(H,30,31)(H,28,29,32). The number of imidazole rings is 1. The van der Waals surface area contributed by atoms with Crippen LogP contribution in [0.2, 0.25) is 0 Å². The van der Waals surface area contributed by atoms with Gasteiger partial charge in [-0.15, -0.1) is 0 Å². The molecule has 3 aromatic rings. The summed E-state index contributed by atoms with van der Waals surface area (Å²) in [5, 5.41) is 15.1. The number of fused-ring (bicyclic) bond motifs is 1. The number of carbonyl (C=O) groups is 1.